The van der Waals surface area contributed by atoms with Gasteiger partial charge in [0.05, 0.1) is 24.6 Å². The first-order chi connectivity index (χ1) is 14.6. The molecule has 1 N–H and O–H groups in total. The van der Waals surface area contributed by atoms with E-state index in [1.165, 1.54) is 33.8 Å². The molecule has 4 rings (SSSR count). The van der Waals surface area contributed by atoms with Crippen LogP contribution in [0.1, 0.15) is 19.4 Å². The maximum atomic E-state index is 6.15. The molecule has 0 spiro atoms. The molecule has 3 aliphatic rings. The molecule has 0 radical (unpaired) electrons. The van der Waals surface area contributed by atoms with Gasteiger partial charge in [-0.1, -0.05) is 58.5 Å². The lowest BCUT2D eigenvalue weighted by Gasteiger charge is -2.35. The molecule has 1 saturated heterocycles. The van der Waals surface area contributed by atoms with E-state index >= 15 is 0 Å². The van der Waals surface area contributed by atoms with Gasteiger partial charge in [-0.25, -0.2) is 0 Å². The van der Waals surface area contributed by atoms with Crippen LogP contribution in [0, 0.1) is 0 Å². The van der Waals surface area contributed by atoms with Crippen molar-refractivity contribution in [3.63, 3.8) is 0 Å². The Labute approximate surface area is 197 Å². The molecule has 1 atom stereocenters. The Kier molecular flexibility index (Phi) is 7.03. The van der Waals surface area contributed by atoms with Gasteiger partial charge < -0.3 is 15.0 Å². The lowest BCUT2D eigenvalue weighted by atomic mass is 9.99. The van der Waals surface area contributed by atoms with Crippen LogP contribution in [0.4, 0.5) is 0 Å². The van der Waals surface area contributed by atoms with E-state index in [1.807, 2.05) is 12.1 Å². The maximum absolute atomic E-state index is 6.15. The maximum Gasteiger partial charge on any atom is 0.123 e. The highest BCUT2D eigenvalue weighted by molar-refractivity contribution is 14.1. The lowest BCUT2D eigenvalue weighted by molar-refractivity contribution is 0.0398. The van der Waals surface area contributed by atoms with E-state index in [-0.39, 0.29) is 6.17 Å². The van der Waals surface area contributed by atoms with Gasteiger partial charge in [0.25, 0.3) is 0 Å². The summed E-state index contributed by atoms with van der Waals surface area (Å²) in [5, 5.41) is 4.51. The average Bonchev–Trinajstić information content (AvgIpc) is 3.13. The van der Waals surface area contributed by atoms with Crippen molar-refractivity contribution in [1.29, 1.82) is 0 Å². The Morgan fingerprint density at radius 2 is 2.00 bits per heavy atom. The third kappa shape index (κ3) is 4.40. The van der Waals surface area contributed by atoms with Crippen molar-refractivity contribution in [3.8, 4) is 0 Å². The third-order valence-corrected chi connectivity index (χ3v) is 6.43. The van der Waals surface area contributed by atoms with Gasteiger partial charge in [-0.3, -0.25) is 4.90 Å². The first kappa shape index (κ1) is 21.7. The Bertz CT molecular complexity index is 940. The second-order valence-corrected chi connectivity index (χ2v) is 8.73. The minimum Gasteiger partial charge on any atom is -0.379 e. The summed E-state index contributed by atoms with van der Waals surface area (Å²) >= 11 is 8.44. The van der Waals surface area contributed by atoms with Gasteiger partial charge in [0, 0.05) is 35.9 Å². The SMILES string of the molecule is C/C=C(\C=C/I)C1=C(C)N2C(CN3CCOCC3)=C(c3ccc(Cl)cc3)NC2C=C1. The van der Waals surface area contributed by atoms with Crippen LogP contribution in [-0.2, 0) is 4.74 Å². The van der Waals surface area contributed by atoms with E-state index in [0.717, 1.165) is 37.9 Å². The van der Waals surface area contributed by atoms with Gasteiger partial charge in [0.15, 0.2) is 0 Å². The monoisotopic (exact) mass is 535 g/mol. The van der Waals surface area contributed by atoms with Gasteiger partial charge in [0.2, 0.25) is 0 Å². The zero-order valence-corrected chi connectivity index (χ0v) is 20.3. The summed E-state index contributed by atoms with van der Waals surface area (Å²) in [6, 6.07) is 8.12. The van der Waals surface area contributed by atoms with Crippen molar-refractivity contribution in [3.05, 3.63) is 85.8 Å². The van der Waals surface area contributed by atoms with E-state index in [2.05, 4.69) is 92.1 Å². The number of allylic oxidation sites excluding steroid dienone is 6. The molecule has 30 heavy (non-hydrogen) atoms. The van der Waals surface area contributed by atoms with Crippen LogP contribution in [0.3, 0.4) is 0 Å². The van der Waals surface area contributed by atoms with Crippen LogP contribution >= 0.6 is 34.2 Å². The molecule has 0 bridgehead atoms. The number of halogens is 2. The highest BCUT2D eigenvalue weighted by Gasteiger charge is 2.35. The van der Waals surface area contributed by atoms with Gasteiger partial charge >= 0.3 is 0 Å². The third-order valence-electron chi connectivity index (χ3n) is 5.82. The smallest absolute Gasteiger partial charge is 0.123 e. The number of benzene rings is 1. The number of nitrogens with zero attached hydrogens (tertiary/aromatic N) is 2. The minimum absolute atomic E-state index is 0.122. The van der Waals surface area contributed by atoms with Crippen molar-refractivity contribution in [2.24, 2.45) is 0 Å². The van der Waals surface area contributed by atoms with Gasteiger partial charge in [-0.15, -0.1) is 0 Å². The highest BCUT2D eigenvalue weighted by Crippen LogP contribution is 2.37. The van der Waals surface area contributed by atoms with E-state index in [0.29, 0.717) is 0 Å². The lowest BCUT2D eigenvalue weighted by Crippen LogP contribution is -2.42. The molecule has 1 unspecified atom stereocenters. The van der Waals surface area contributed by atoms with Crippen LogP contribution in [0.15, 0.2) is 75.2 Å². The van der Waals surface area contributed by atoms with E-state index < -0.39 is 0 Å². The summed E-state index contributed by atoms with van der Waals surface area (Å²) in [6.45, 7) is 8.71. The Morgan fingerprint density at radius 1 is 1.27 bits per heavy atom. The first-order valence-electron chi connectivity index (χ1n) is 10.3. The number of hydrogen-bond acceptors (Lipinski definition) is 4. The number of morpholine rings is 1. The topological polar surface area (TPSA) is 27.7 Å². The zero-order valence-electron chi connectivity index (χ0n) is 17.4. The molecule has 3 aliphatic heterocycles. The van der Waals surface area contributed by atoms with Gasteiger partial charge in [0.1, 0.15) is 6.17 Å². The average molecular weight is 536 g/mol. The molecule has 1 fully saturated rings. The molecule has 0 saturated carbocycles. The summed E-state index contributed by atoms with van der Waals surface area (Å²) in [5.74, 6) is 0. The number of rotatable bonds is 5. The van der Waals surface area contributed by atoms with E-state index in [1.54, 1.807) is 0 Å². The highest BCUT2D eigenvalue weighted by atomic mass is 127. The number of hydrogen-bond donors (Lipinski definition) is 1. The quantitative estimate of drug-likeness (QED) is 0.409. The predicted octanol–water partition coefficient (Wildman–Crippen LogP) is 5.31. The summed E-state index contributed by atoms with van der Waals surface area (Å²) in [7, 11) is 0. The summed E-state index contributed by atoms with van der Waals surface area (Å²) in [6.07, 6.45) is 8.96. The predicted molar refractivity (Wildman–Crippen MR) is 133 cm³/mol. The van der Waals surface area contributed by atoms with Gasteiger partial charge in [-0.2, -0.15) is 0 Å². The van der Waals surface area contributed by atoms with Gasteiger partial charge in [-0.05, 0) is 53.4 Å². The molecule has 6 heteroatoms. The normalized spacial score (nSPS) is 22.9. The van der Waals surface area contributed by atoms with Crippen molar-refractivity contribution in [2.45, 2.75) is 20.0 Å². The molecular weight excluding hydrogens is 509 g/mol. The standard InChI is InChI=1S/C24H27ClIN3O/c1-3-18(10-11-26)21-8-9-23-27-24(19-4-6-20(25)7-5-19)22(29(23)17(21)2)16-28-12-14-30-15-13-28/h3-11,23,27H,12-16H2,1-2H3/b11-10-,18-3+. The molecule has 158 valence electrons. The number of ether oxygens (including phenoxy) is 1. The molecular formula is C24H27ClIN3O. The fraction of sp³-hybridized carbons (Fsp3) is 0.333. The molecule has 0 amide bonds. The molecule has 1 aromatic rings. The van der Waals surface area contributed by atoms with Crippen molar-refractivity contribution in [1.82, 2.24) is 15.1 Å². The second kappa shape index (κ2) is 9.73. The van der Waals surface area contributed by atoms with E-state index in [9.17, 15) is 0 Å². The summed E-state index contributed by atoms with van der Waals surface area (Å²) < 4.78 is 7.64. The fourth-order valence-electron chi connectivity index (χ4n) is 4.27. The molecule has 1 aromatic carbocycles. The Balaban J connectivity index is 1.77. The first-order valence-corrected chi connectivity index (χ1v) is 11.9. The minimum atomic E-state index is 0.122. The van der Waals surface area contributed by atoms with Crippen LogP contribution < -0.4 is 5.32 Å². The molecule has 0 aliphatic carbocycles. The van der Waals surface area contributed by atoms with Crippen molar-refractivity contribution in [2.75, 3.05) is 32.8 Å². The van der Waals surface area contributed by atoms with Crippen molar-refractivity contribution >= 4 is 39.9 Å². The number of fused-ring (bicyclic) bond motifs is 1. The van der Waals surface area contributed by atoms with Crippen LogP contribution in [0.25, 0.3) is 5.70 Å². The summed E-state index contributed by atoms with van der Waals surface area (Å²) in [4.78, 5) is 4.94. The second-order valence-electron chi connectivity index (χ2n) is 7.57. The fourth-order valence-corrected chi connectivity index (χ4v) is 4.79. The Hall–Kier alpha value is -1.54. The van der Waals surface area contributed by atoms with Crippen LogP contribution in [-0.4, -0.2) is 48.8 Å². The summed E-state index contributed by atoms with van der Waals surface area (Å²) in [5.41, 5.74) is 7.42. The largest absolute Gasteiger partial charge is 0.379 e. The Morgan fingerprint density at radius 3 is 2.67 bits per heavy atom. The molecule has 3 heterocycles. The zero-order chi connectivity index (χ0) is 21.1. The van der Waals surface area contributed by atoms with Crippen LogP contribution in [0.2, 0.25) is 5.02 Å². The van der Waals surface area contributed by atoms with Crippen LogP contribution in [0.5, 0.6) is 0 Å². The molecule has 0 aromatic heterocycles. The van der Waals surface area contributed by atoms with E-state index in [4.69, 9.17) is 16.3 Å². The molecule has 4 nitrogen and oxygen atoms in total. The van der Waals surface area contributed by atoms with Crippen molar-refractivity contribution < 1.29 is 4.74 Å². The number of nitrogens with one attached hydrogen (secondary N) is 1.